The number of unbranched alkanes of at least 4 members (excludes halogenated alkanes) is 32. The molecule has 0 bridgehead atoms. The van der Waals surface area contributed by atoms with E-state index in [1.807, 2.05) is 0 Å². The number of esters is 3. The molecular weight excluding hydrogens is 769 g/mol. The summed E-state index contributed by atoms with van der Waals surface area (Å²) in [6.45, 7) is 13.7. The molecule has 6 heteroatoms. The average Bonchev–Trinajstić information content (AvgIpc) is 3.23. The predicted octanol–water partition coefficient (Wildman–Crippen LogP) is 17.9. The van der Waals surface area contributed by atoms with E-state index in [-0.39, 0.29) is 31.1 Å². The molecule has 0 N–H and O–H groups in total. The molecule has 0 aliphatic carbocycles. The Morgan fingerprint density at radius 1 is 0.274 bits per heavy atom. The Hall–Kier alpha value is -1.59. The van der Waals surface area contributed by atoms with Crippen molar-refractivity contribution in [3.05, 3.63) is 0 Å². The maximum atomic E-state index is 12.8. The van der Waals surface area contributed by atoms with E-state index in [0.29, 0.717) is 19.3 Å². The Labute approximate surface area is 387 Å². The van der Waals surface area contributed by atoms with Gasteiger partial charge in [0.1, 0.15) is 13.2 Å². The molecule has 0 fully saturated rings. The second-order valence-corrected chi connectivity index (χ2v) is 20.6. The minimum absolute atomic E-state index is 0.0647. The van der Waals surface area contributed by atoms with Crippen molar-refractivity contribution in [2.24, 2.45) is 17.8 Å². The van der Waals surface area contributed by atoms with Crippen molar-refractivity contribution in [1.29, 1.82) is 0 Å². The maximum absolute atomic E-state index is 12.8. The summed E-state index contributed by atoms with van der Waals surface area (Å²) in [5, 5.41) is 0. The molecule has 0 saturated heterocycles. The Bertz CT molecular complexity index is 960. The van der Waals surface area contributed by atoms with Crippen LogP contribution in [0.4, 0.5) is 0 Å². The Balaban J connectivity index is 4.23. The van der Waals surface area contributed by atoms with E-state index in [9.17, 15) is 14.4 Å². The average molecular weight is 877 g/mol. The van der Waals surface area contributed by atoms with Crippen LogP contribution in [0.3, 0.4) is 0 Å². The molecule has 0 aromatic rings. The fraction of sp³-hybridized carbons (Fsp3) is 0.946. The van der Waals surface area contributed by atoms with Gasteiger partial charge in [0.2, 0.25) is 0 Å². The van der Waals surface area contributed by atoms with Crippen LogP contribution in [0.15, 0.2) is 0 Å². The van der Waals surface area contributed by atoms with Crippen molar-refractivity contribution < 1.29 is 28.6 Å². The van der Waals surface area contributed by atoms with Gasteiger partial charge in [-0.3, -0.25) is 14.4 Å². The van der Waals surface area contributed by atoms with Gasteiger partial charge in [0, 0.05) is 19.3 Å². The lowest BCUT2D eigenvalue weighted by Crippen LogP contribution is -2.30. The van der Waals surface area contributed by atoms with Gasteiger partial charge in [0.15, 0.2) is 6.10 Å². The minimum Gasteiger partial charge on any atom is -0.462 e. The topological polar surface area (TPSA) is 78.9 Å². The summed E-state index contributed by atoms with van der Waals surface area (Å²) in [5.74, 6) is 1.60. The highest BCUT2D eigenvalue weighted by atomic mass is 16.6. The molecule has 0 heterocycles. The number of carbonyl (C=O) groups excluding carboxylic acids is 3. The van der Waals surface area contributed by atoms with E-state index in [1.54, 1.807) is 0 Å². The lowest BCUT2D eigenvalue weighted by molar-refractivity contribution is -0.167. The highest BCUT2D eigenvalue weighted by molar-refractivity contribution is 5.71. The third-order valence-corrected chi connectivity index (χ3v) is 12.6. The van der Waals surface area contributed by atoms with Gasteiger partial charge in [-0.25, -0.2) is 0 Å². The van der Waals surface area contributed by atoms with Crippen molar-refractivity contribution in [3.8, 4) is 0 Å². The molecule has 0 radical (unpaired) electrons. The van der Waals surface area contributed by atoms with Gasteiger partial charge in [0.25, 0.3) is 0 Å². The van der Waals surface area contributed by atoms with Crippen LogP contribution < -0.4 is 0 Å². The van der Waals surface area contributed by atoms with Gasteiger partial charge < -0.3 is 14.2 Å². The number of hydrogen-bond acceptors (Lipinski definition) is 6. The second kappa shape index (κ2) is 47.4. The molecule has 0 aromatic carbocycles. The predicted molar refractivity (Wildman–Crippen MR) is 266 cm³/mol. The quantitative estimate of drug-likeness (QED) is 0.0344. The zero-order chi connectivity index (χ0) is 45.6. The molecule has 0 aromatic heterocycles. The summed E-state index contributed by atoms with van der Waals surface area (Å²) in [6.07, 6.45) is 48.2. The lowest BCUT2D eigenvalue weighted by Gasteiger charge is -2.18. The second-order valence-electron chi connectivity index (χ2n) is 20.6. The zero-order valence-electron chi connectivity index (χ0n) is 42.7. The summed E-state index contributed by atoms with van der Waals surface area (Å²) in [5.41, 5.74) is 0. The van der Waals surface area contributed by atoms with Crippen LogP contribution in [0.5, 0.6) is 0 Å². The lowest BCUT2D eigenvalue weighted by atomic mass is 10.0. The summed E-state index contributed by atoms with van der Waals surface area (Å²) in [7, 11) is 0. The molecule has 6 nitrogen and oxygen atoms in total. The molecule has 0 amide bonds. The number of hydrogen-bond donors (Lipinski definition) is 0. The van der Waals surface area contributed by atoms with E-state index >= 15 is 0 Å². The van der Waals surface area contributed by atoms with E-state index in [2.05, 4.69) is 41.5 Å². The van der Waals surface area contributed by atoms with Crippen LogP contribution in [0, 0.1) is 17.8 Å². The van der Waals surface area contributed by atoms with Crippen molar-refractivity contribution >= 4 is 17.9 Å². The number of ether oxygens (including phenoxy) is 3. The third-order valence-electron chi connectivity index (χ3n) is 12.6. The Morgan fingerprint density at radius 2 is 0.468 bits per heavy atom. The third kappa shape index (κ3) is 49.4. The molecular formula is C56H108O6. The molecule has 368 valence electrons. The summed E-state index contributed by atoms with van der Waals surface area (Å²) < 4.78 is 16.8. The van der Waals surface area contributed by atoms with Gasteiger partial charge in [-0.15, -0.1) is 0 Å². The Kier molecular flexibility index (Phi) is 46.2. The summed E-state index contributed by atoms with van der Waals surface area (Å²) >= 11 is 0. The first-order valence-corrected chi connectivity index (χ1v) is 27.6. The minimum atomic E-state index is -0.763. The summed E-state index contributed by atoms with van der Waals surface area (Å²) in [6, 6.07) is 0. The van der Waals surface area contributed by atoms with Crippen LogP contribution in [0.25, 0.3) is 0 Å². The van der Waals surface area contributed by atoms with E-state index in [0.717, 1.165) is 75.5 Å². The SMILES string of the molecule is CC(C)CCCCCCCCCCCCCCCCCCC(=O)O[C@@H](COC(=O)CCCCCCCCCCCCCCCC(C)C)COC(=O)CCCCCCCCC(C)C. The van der Waals surface area contributed by atoms with Crippen molar-refractivity contribution in [2.45, 2.75) is 311 Å². The van der Waals surface area contributed by atoms with Gasteiger partial charge in [-0.05, 0) is 37.0 Å². The molecule has 0 unspecified atom stereocenters. The monoisotopic (exact) mass is 877 g/mol. The van der Waals surface area contributed by atoms with E-state index in [4.69, 9.17) is 14.2 Å². The van der Waals surface area contributed by atoms with Crippen molar-refractivity contribution in [1.82, 2.24) is 0 Å². The normalized spacial score (nSPS) is 12.1. The first kappa shape index (κ1) is 60.4. The van der Waals surface area contributed by atoms with Gasteiger partial charge in [-0.2, -0.15) is 0 Å². The van der Waals surface area contributed by atoms with Gasteiger partial charge >= 0.3 is 17.9 Å². The van der Waals surface area contributed by atoms with Gasteiger partial charge in [-0.1, -0.05) is 266 Å². The first-order valence-electron chi connectivity index (χ1n) is 27.6. The molecule has 1 atom stereocenters. The van der Waals surface area contributed by atoms with Gasteiger partial charge in [0.05, 0.1) is 0 Å². The summed E-state index contributed by atoms with van der Waals surface area (Å²) in [4.78, 5) is 38.0. The first-order chi connectivity index (χ1) is 30.1. The van der Waals surface area contributed by atoms with E-state index < -0.39 is 6.10 Å². The molecule has 0 spiro atoms. The van der Waals surface area contributed by atoms with Crippen LogP contribution in [0.2, 0.25) is 0 Å². The fourth-order valence-corrected chi connectivity index (χ4v) is 8.47. The van der Waals surface area contributed by atoms with Crippen LogP contribution in [-0.2, 0) is 28.6 Å². The zero-order valence-corrected chi connectivity index (χ0v) is 42.7. The number of carbonyl (C=O) groups is 3. The van der Waals surface area contributed by atoms with Crippen LogP contribution in [0.1, 0.15) is 305 Å². The highest BCUT2D eigenvalue weighted by Gasteiger charge is 2.19. The molecule has 0 aliphatic rings. The molecule has 0 saturated carbocycles. The highest BCUT2D eigenvalue weighted by Crippen LogP contribution is 2.18. The standard InChI is InChI=1S/C56H108O6/c1-50(2)42-36-30-24-20-16-12-9-7-8-10-14-19-23-27-35-41-47-56(59)62-53(49-61-55(58)46-40-34-29-28-32-38-44-52(5)6)48-60-54(57)45-39-33-26-22-18-15-11-13-17-21-25-31-37-43-51(3)4/h50-53H,7-49H2,1-6H3/t53-/m0/s1. The molecule has 62 heavy (non-hydrogen) atoms. The maximum Gasteiger partial charge on any atom is 0.306 e. The van der Waals surface area contributed by atoms with Crippen LogP contribution in [-0.4, -0.2) is 37.2 Å². The van der Waals surface area contributed by atoms with Crippen molar-refractivity contribution in [2.75, 3.05) is 13.2 Å². The molecule has 0 aliphatic heterocycles. The largest absolute Gasteiger partial charge is 0.462 e. The fourth-order valence-electron chi connectivity index (χ4n) is 8.47. The number of rotatable bonds is 49. The Morgan fingerprint density at radius 3 is 0.694 bits per heavy atom. The van der Waals surface area contributed by atoms with E-state index in [1.165, 1.54) is 186 Å². The van der Waals surface area contributed by atoms with Crippen molar-refractivity contribution in [3.63, 3.8) is 0 Å². The smallest absolute Gasteiger partial charge is 0.306 e. The molecule has 0 rings (SSSR count). The van der Waals surface area contributed by atoms with Crippen LogP contribution >= 0.6 is 0 Å².